The van der Waals surface area contributed by atoms with Crippen molar-refractivity contribution in [3.05, 3.63) is 41.5 Å². The van der Waals surface area contributed by atoms with Gasteiger partial charge in [0.05, 0.1) is 0 Å². The van der Waals surface area contributed by atoms with Crippen LogP contribution in [0, 0.1) is 12.8 Å². The van der Waals surface area contributed by atoms with Crippen LogP contribution in [-0.4, -0.2) is 36.6 Å². The highest BCUT2D eigenvalue weighted by atomic mass is 16.5. The van der Waals surface area contributed by atoms with Crippen LogP contribution in [-0.2, 0) is 9.53 Å². The minimum absolute atomic E-state index is 0.0231. The van der Waals surface area contributed by atoms with Gasteiger partial charge in [0, 0.05) is 32.5 Å². The molecular formula is C17H21NO2. The summed E-state index contributed by atoms with van der Waals surface area (Å²) in [5.41, 5.74) is 3.95. The lowest BCUT2D eigenvalue weighted by Crippen LogP contribution is -2.47. The fourth-order valence-electron chi connectivity index (χ4n) is 3.40. The monoisotopic (exact) mass is 271 g/mol. The van der Waals surface area contributed by atoms with Crippen LogP contribution in [0.1, 0.15) is 24.5 Å². The van der Waals surface area contributed by atoms with E-state index in [0.29, 0.717) is 5.92 Å². The Morgan fingerprint density at radius 1 is 1.35 bits per heavy atom. The summed E-state index contributed by atoms with van der Waals surface area (Å²) in [7, 11) is 0. The Morgan fingerprint density at radius 3 is 2.90 bits per heavy atom. The quantitative estimate of drug-likeness (QED) is 0.774. The second-order valence-corrected chi connectivity index (χ2v) is 5.78. The van der Waals surface area contributed by atoms with Gasteiger partial charge in [-0.25, -0.2) is 0 Å². The summed E-state index contributed by atoms with van der Waals surface area (Å²) in [6.45, 7) is 6.68. The largest absolute Gasteiger partial charge is 0.462 e. The van der Waals surface area contributed by atoms with E-state index in [1.54, 1.807) is 0 Å². The number of hydrogen-bond donors (Lipinski definition) is 0. The summed E-state index contributed by atoms with van der Waals surface area (Å²) >= 11 is 0. The number of benzene rings is 1. The van der Waals surface area contributed by atoms with Gasteiger partial charge >= 0.3 is 5.97 Å². The van der Waals surface area contributed by atoms with Crippen LogP contribution in [0.3, 0.4) is 0 Å². The lowest BCUT2D eigenvalue weighted by molar-refractivity contribution is -0.150. The van der Waals surface area contributed by atoms with Gasteiger partial charge in [-0.1, -0.05) is 30.3 Å². The van der Waals surface area contributed by atoms with Crippen molar-refractivity contribution in [3.63, 3.8) is 0 Å². The van der Waals surface area contributed by atoms with E-state index < -0.39 is 0 Å². The average Bonchev–Trinajstić information content (AvgIpc) is 2.43. The molecule has 3 atom stereocenters. The first kappa shape index (κ1) is 13.4. The highest BCUT2D eigenvalue weighted by Gasteiger charge is 2.36. The number of aryl methyl sites for hydroxylation is 1. The predicted molar refractivity (Wildman–Crippen MR) is 79.3 cm³/mol. The van der Waals surface area contributed by atoms with Crippen molar-refractivity contribution in [3.8, 4) is 0 Å². The molecule has 0 amide bonds. The number of ether oxygens (including phenoxy) is 1. The van der Waals surface area contributed by atoms with Crippen LogP contribution >= 0.6 is 0 Å². The molecule has 0 radical (unpaired) electrons. The molecule has 0 aliphatic carbocycles. The van der Waals surface area contributed by atoms with Gasteiger partial charge in [0.1, 0.15) is 6.10 Å². The van der Waals surface area contributed by atoms with E-state index in [-0.39, 0.29) is 12.1 Å². The molecule has 20 heavy (non-hydrogen) atoms. The van der Waals surface area contributed by atoms with E-state index in [2.05, 4.69) is 42.2 Å². The highest BCUT2D eigenvalue weighted by Crippen LogP contribution is 2.37. The van der Waals surface area contributed by atoms with Gasteiger partial charge in [0.15, 0.2) is 0 Å². The molecule has 1 aromatic carbocycles. The highest BCUT2D eigenvalue weighted by molar-refractivity contribution is 5.72. The average molecular weight is 271 g/mol. The molecule has 106 valence electrons. The SMILES string of the molecule is CC(=O)OC1CCN2CC=C(c3ccccc3C)C1C2. The second kappa shape index (κ2) is 5.41. The Kier molecular flexibility index (Phi) is 3.62. The maximum absolute atomic E-state index is 11.3. The van der Waals surface area contributed by atoms with E-state index in [9.17, 15) is 4.79 Å². The van der Waals surface area contributed by atoms with E-state index in [1.807, 2.05) is 0 Å². The maximum Gasteiger partial charge on any atom is 0.302 e. The topological polar surface area (TPSA) is 29.5 Å². The van der Waals surface area contributed by atoms with Crippen LogP contribution in [0.5, 0.6) is 0 Å². The summed E-state index contributed by atoms with van der Waals surface area (Å²) in [5.74, 6) is 0.139. The van der Waals surface area contributed by atoms with Crippen LogP contribution in [0.25, 0.3) is 5.57 Å². The smallest absolute Gasteiger partial charge is 0.302 e. The predicted octanol–water partition coefficient (Wildman–Crippen LogP) is 2.65. The van der Waals surface area contributed by atoms with Gasteiger partial charge in [-0.05, 0) is 30.0 Å². The summed E-state index contributed by atoms with van der Waals surface area (Å²) in [5, 5.41) is 0. The fourth-order valence-corrected chi connectivity index (χ4v) is 3.40. The zero-order valence-corrected chi connectivity index (χ0v) is 12.1. The van der Waals surface area contributed by atoms with E-state index >= 15 is 0 Å². The summed E-state index contributed by atoms with van der Waals surface area (Å²) < 4.78 is 5.56. The van der Waals surface area contributed by atoms with E-state index in [0.717, 1.165) is 26.1 Å². The van der Waals surface area contributed by atoms with Crippen LogP contribution in [0.2, 0.25) is 0 Å². The molecule has 1 aromatic rings. The zero-order valence-electron chi connectivity index (χ0n) is 12.1. The third kappa shape index (κ3) is 2.50. The van der Waals surface area contributed by atoms with Crippen molar-refractivity contribution >= 4 is 11.5 Å². The van der Waals surface area contributed by atoms with Crippen molar-refractivity contribution < 1.29 is 9.53 Å². The molecule has 0 spiro atoms. The first-order valence-electron chi connectivity index (χ1n) is 7.31. The Labute approximate surface area is 120 Å². The van der Waals surface area contributed by atoms with Gasteiger partial charge in [-0.2, -0.15) is 0 Å². The first-order chi connectivity index (χ1) is 9.65. The fraction of sp³-hybridized carbons (Fsp3) is 0.471. The molecule has 1 saturated heterocycles. The zero-order chi connectivity index (χ0) is 14.1. The van der Waals surface area contributed by atoms with E-state index in [1.165, 1.54) is 23.6 Å². The van der Waals surface area contributed by atoms with Crippen molar-refractivity contribution in [1.82, 2.24) is 4.90 Å². The standard InChI is InChI=1S/C17H21NO2/c1-12-5-3-4-6-14(12)15-7-9-18-10-8-17(16(15)11-18)20-13(2)19/h3-7,16-17H,8-11H2,1-2H3. The number of esters is 1. The third-order valence-electron chi connectivity index (χ3n) is 4.38. The Hall–Kier alpha value is -1.61. The molecule has 0 aromatic heterocycles. The van der Waals surface area contributed by atoms with Crippen LogP contribution in [0.4, 0.5) is 0 Å². The number of carbonyl (C=O) groups is 1. The van der Waals surface area contributed by atoms with Gasteiger partial charge in [0.2, 0.25) is 0 Å². The van der Waals surface area contributed by atoms with E-state index in [4.69, 9.17) is 4.74 Å². The number of piperidine rings is 1. The first-order valence-corrected chi connectivity index (χ1v) is 7.31. The lowest BCUT2D eigenvalue weighted by Gasteiger charge is -2.42. The molecule has 3 rings (SSSR count). The van der Waals surface area contributed by atoms with Crippen LogP contribution < -0.4 is 0 Å². The normalized spacial score (nSPS) is 28.7. The van der Waals surface area contributed by atoms with Crippen molar-refractivity contribution in [2.24, 2.45) is 5.92 Å². The molecule has 0 N–H and O–H groups in total. The summed E-state index contributed by atoms with van der Waals surface area (Å²) in [6.07, 6.45) is 3.27. The maximum atomic E-state index is 11.3. The molecule has 2 bridgehead atoms. The molecular weight excluding hydrogens is 250 g/mol. The molecule has 3 heteroatoms. The number of hydrogen-bond acceptors (Lipinski definition) is 3. The van der Waals surface area contributed by atoms with Gasteiger partial charge < -0.3 is 4.74 Å². The summed E-state index contributed by atoms with van der Waals surface area (Å²) in [6, 6.07) is 8.47. The lowest BCUT2D eigenvalue weighted by atomic mass is 9.80. The number of fused-ring (bicyclic) bond motifs is 2. The van der Waals surface area contributed by atoms with Crippen molar-refractivity contribution in [2.75, 3.05) is 19.6 Å². The molecule has 2 heterocycles. The molecule has 2 aliphatic heterocycles. The minimum Gasteiger partial charge on any atom is -0.462 e. The molecule has 2 aliphatic rings. The van der Waals surface area contributed by atoms with Gasteiger partial charge in [0.25, 0.3) is 0 Å². The third-order valence-corrected chi connectivity index (χ3v) is 4.38. The Morgan fingerprint density at radius 2 is 2.15 bits per heavy atom. The minimum atomic E-state index is -0.168. The number of rotatable bonds is 2. The van der Waals surface area contributed by atoms with Gasteiger partial charge in [-0.15, -0.1) is 0 Å². The van der Waals surface area contributed by atoms with Crippen molar-refractivity contribution in [1.29, 1.82) is 0 Å². The second-order valence-electron chi connectivity index (χ2n) is 5.78. The molecule has 0 saturated carbocycles. The van der Waals surface area contributed by atoms with Gasteiger partial charge in [-0.3, -0.25) is 9.69 Å². The van der Waals surface area contributed by atoms with Crippen molar-refractivity contribution in [2.45, 2.75) is 26.4 Å². The number of nitrogens with zero attached hydrogens (tertiary/aromatic N) is 1. The number of carbonyl (C=O) groups excluding carboxylic acids is 1. The Bertz CT molecular complexity index is 550. The Balaban J connectivity index is 1.93. The molecule has 3 nitrogen and oxygen atoms in total. The molecule has 3 unspecified atom stereocenters. The molecule has 1 fully saturated rings. The van der Waals surface area contributed by atoms with Crippen LogP contribution in [0.15, 0.2) is 30.3 Å². The summed E-state index contributed by atoms with van der Waals surface area (Å²) in [4.78, 5) is 13.8.